The molecule has 0 saturated carbocycles. The van der Waals surface area contributed by atoms with Gasteiger partial charge in [-0.2, -0.15) is 0 Å². The Labute approximate surface area is 125 Å². The molecule has 0 bridgehead atoms. The van der Waals surface area contributed by atoms with Crippen molar-refractivity contribution >= 4 is 15.7 Å². The predicted molar refractivity (Wildman–Crippen MR) is 80.8 cm³/mol. The van der Waals surface area contributed by atoms with Gasteiger partial charge in [0.25, 0.3) is 0 Å². The molecule has 0 saturated heterocycles. The van der Waals surface area contributed by atoms with Crippen molar-refractivity contribution in [1.29, 1.82) is 0 Å². The SMILES string of the molecule is CC(O)C(C)(C)NS(=O)(=O)c1cc(N)cc2c1OCCC2. The molecule has 0 amide bonds. The van der Waals surface area contributed by atoms with Crippen LogP contribution in [0.15, 0.2) is 17.0 Å². The molecule has 21 heavy (non-hydrogen) atoms. The van der Waals surface area contributed by atoms with Crippen molar-refractivity contribution in [3.63, 3.8) is 0 Å². The Kier molecular flexibility index (Phi) is 4.19. The van der Waals surface area contributed by atoms with E-state index in [1.165, 1.54) is 13.0 Å². The smallest absolute Gasteiger partial charge is 0.244 e. The summed E-state index contributed by atoms with van der Waals surface area (Å²) in [6.45, 7) is 5.26. The summed E-state index contributed by atoms with van der Waals surface area (Å²) in [6, 6.07) is 3.14. The standard InChI is InChI=1S/C14H22N2O4S/c1-9(17)14(2,3)16-21(18,19)12-8-11(15)7-10-5-4-6-20-13(10)12/h7-9,16-17H,4-6,15H2,1-3H3. The van der Waals surface area contributed by atoms with Crippen LogP contribution in [0, 0.1) is 0 Å². The van der Waals surface area contributed by atoms with E-state index in [1.807, 2.05) is 0 Å². The maximum absolute atomic E-state index is 12.6. The van der Waals surface area contributed by atoms with E-state index in [1.54, 1.807) is 19.9 Å². The van der Waals surface area contributed by atoms with Gasteiger partial charge in [-0.15, -0.1) is 0 Å². The van der Waals surface area contributed by atoms with Gasteiger partial charge in [0.2, 0.25) is 10.0 Å². The molecular weight excluding hydrogens is 292 g/mol. The fourth-order valence-electron chi connectivity index (χ4n) is 2.16. The number of aryl methyl sites for hydroxylation is 1. The summed E-state index contributed by atoms with van der Waals surface area (Å²) in [5, 5.41) is 9.70. The largest absolute Gasteiger partial charge is 0.492 e. The fourth-order valence-corrected chi connectivity index (χ4v) is 3.85. The van der Waals surface area contributed by atoms with Crippen LogP contribution in [-0.2, 0) is 16.4 Å². The third-order valence-corrected chi connectivity index (χ3v) is 5.40. The van der Waals surface area contributed by atoms with Gasteiger partial charge in [0.1, 0.15) is 10.6 Å². The lowest BCUT2D eigenvalue weighted by Crippen LogP contribution is -2.50. The first-order valence-electron chi connectivity index (χ1n) is 6.91. The number of nitrogens with one attached hydrogen (secondary N) is 1. The van der Waals surface area contributed by atoms with Crippen LogP contribution in [0.1, 0.15) is 32.8 Å². The molecule has 1 aromatic rings. The van der Waals surface area contributed by atoms with Crippen molar-refractivity contribution < 1.29 is 18.3 Å². The third-order valence-electron chi connectivity index (χ3n) is 3.72. The zero-order valence-corrected chi connectivity index (χ0v) is 13.3. The highest BCUT2D eigenvalue weighted by molar-refractivity contribution is 7.89. The van der Waals surface area contributed by atoms with Crippen molar-refractivity contribution in [3.05, 3.63) is 17.7 Å². The van der Waals surface area contributed by atoms with E-state index in [0.717, 1.165) is 18.4 Å². The topological polar surface area (TPSA) is 102 Å². The molecule has 7 heteroatoms. The lowest BCUT2D eigenvalue weighted by Gasteiger charge is -2.30. The molecule has 0 fully saturated rings. The monoisotopic (exact) mass is 314 g/mol. The molecule has 1 aliphatic rings. The number of benzene rings is 1. The molecular formula is C14H22N2O4S. The highest BCUT2D eigenvalue weighted by atomic mass is 32.2. The molecule has 1 atom stereocenters. The zero-order valence-electron chi connectivity index (χ0n) is 12.5. The first-order valence-corrected chi connectivity index (χ1v) is 8.39. The lowest BCUT2D eigenvalue weighted by molar-refractivity contribution is 0.111. The number of sulfonamides is 1. The van der Waals surface area contributed by atoms with Gasteiger partial charge in [-0.3, -0.25) is 0 Å². The van der Waals surface area contributed by atoms with Crippen molar-refractivity contribution in [1.82, 2.24) is 4.72 Å². The minimum Gasteiger partial charge on any atom is -0.492 e. The molecule has 118 valence electrons. The Morgan fingerprint density at radius 1 is 1.43 bits per heavy atom. The second-order valence-corrected chi connectivity index (χ2v) is 7.61. The van der Waals surface area contributed by atoms with Gasteiger partial charge in [0.05, 0.1) is 18.2 Å². The highest BCUT2D eigenvalue weighted by Gasteiger charge is 2.33. The van der Waals surface area contributed by atoms with E-state index < -0.39 is 21.7 Å². The van der Waals surface area contributed by atoms with Crippen LogP contribution in [0.25, 0.3) is 0 Å². The maximum Gasteiger partial charge on any atom is 0.244 e. The average molecular weight is 314 g/mol. The van der Waals surface area contributed by atoms with Crippen molar-refractivity contribution in [3.8, 4) is 5.75 Å². The summed E-state index contributed by atoms with van der Waals surface area (Å²) in [6.07, 6.45) is 0.732. The van der Waals surface area contributed by atoms with Crippen LogP contribution in [0.4, 0.5) is 5.69 Å². The quantitative estimate of drug-likeness (QED) is 0.721. The van der Waals surface area contributed by atoms with Crippen LogP contribution in [0.5, 0.6) is 5.75 Å². The Morgan fingerprint density at radius 2 is 2.10 bits per heavy atom. The fraction of sp³-hybridized carbons (Fsp3) is 0.571. The number of ether oxygens (including phenoxy) is 1. The summed E-state index contributed by atoms with van der Waals surface area (Å²) in [7, 11) is -3.84. The molecule has 2 rings (SSSR count). The van der Waals surface area contributed by atoms with Crippen LogP contribution >= 0.6 is 0 Å². The van der Waals surface area contributed by atoms with Gasteiger partial charge in [-0.25, -0.2) is 13.1 Å². The summed E-state index contributed by atoms with van der Waals surface area (Å²) < 4.78 is 33.3. The molecule has 1 unspecified atom stereocenters. The Hall–Kier alpha value is -1.31. The van der Waals surface area contributed by atoms with E-state index in [0.29, 0.717) is 18.0 Å². The number of fused-ring (bicyclic) bond motifs is 1. The minimum atomic E-state index is -3.84. The number of rotatable bonds is 4. The number of aliphatic hydroxyl groups excluding tert-OH is 1. The second-order valence-electron chi connectivity index (χ2n) is 5.96. The molecule has 6 nitrogen and oxygen atoms in total. The molecule has 4 N–H and O–H groups in total. The number of hydrogen-bond donors (Lipinski definition) is 3. The zero-order chi connectivity index (χ0) is 15.8. The van der Waals surface area contributed by atoms with E-state index in [4.69, 9.17) is 10.5 Å². The maximum atomic E-state index is 12.6. The third kappa shape index (κ3) is 3.30. The lowest BCUT2D eigenvalue weighted by atomic mass is 10.0. The highest BCUT2D eigenvalue weighted by Crippen LogP contribution is 2.35. The van der Waals surface area contributed by atoms with Crippen LogP contribution in [0.3, 0.4) is 0 Å². The van der Waals surface area contributed by atoms with Gasteiger partial charge in [0, 0.05) is 5.69 Å². The van der Waals surface area contributed by atoms with Crippen molar-refractivity contribution in [2.24, 2.45) is 0 Å². The number of aliphatic hydroxyl groups is 1. The molecule has 0 aliphatic carbocycles. The van der Waals surface area contributed by atoms with E-state index in [2.05, 4.69) is 4.72 Å². The summed E-state index contributed by atoms with van der Waals surface area (Å²) in [4.78, 5) is 0.0333. The van der Waals surface area contributed by atoms with Gasteiger partial charge >= 0.3 is 0 Å². The van der Waals surface area contributed by atoms with Gasteiger partial charge < -0.3 is 15.6 Å². The second kappa shape index (κ2) is 5.47. The van der Waals surface area contributed by atoms with E-state index in [-0.39, 0.29) is 4.90 Å². The normalized spacial score (nSPS) is 17.0. The molecule has 1 aromatic carbocycles. The molecule has 1 heterocycles. The average Bonchev–Trinajstić information content (AvgIpc) is 2.36. The van der Waals surface area contributed by atoms with Crippen molar-refractivity contribution in [2.75, 3.05) is 12.3 Å². The molecule has 1 aliphatic heterocycles. The summed E-state index contributed by atoms with van der Waals surface area (Å²) in [5.41, 5.74) is 6.00. The number of anilines is 1. The predicted octanol–water partition coefficient (Wildman–Crippen LogP) is 1.03. The van der Waals surface area contributed by atoms with E-state index in [9.17, 15) is 13.5 Å². The van der Waals surface area contributed by atoms with Crippen LogP contribution < -0.4 is 15.2 Å². The van der Waals surface area contributed by atoms with Gasteiger partial charge in [0.15, 0.2) is 0 Å². The summed E-state index contributed by atoms with van der Waals surface area (Å²) in [5.74, 6) is 0.365. The number of nitrogens with two attached hydrogens (primary N) is 1. The Morgan fingerprint density at radius 3 is 2.71 bits per heavy atom. The number of nitrogen functional groups attached to an aromatic ring is 1. The first kappa shape index (κ1) is 16.1. The van der Waals surface area contributed by atoms with Gasteiger partial charge in [-0.05, 0) is 51.3 Å². The van der Waals surface area contributed by atoms with Crippen molar-refractivity contribution in [2.45, 2.75) is 50.2 Å². The Balaban J connectivity index is 2.48. The van der Waals surface area contributed by atoms with Crippen LogP contribution in [0.2, 0.25) is 0 Å². The first-order chi connectivity index (χ1) is 9.63. The minimum absolute atomic E-state index is 0.0333. The number of hydrogen-bond acceptors (Lipinski definition) is 5. The van der Waals surface area contributed by atoms with Gasteiger partial charge in [-0.1, -0.05) is 0 Å². The molecule has 0 radical (unpaired) electrons. The molecule has 0 aromatic heterocycles. The molecule has 0 spiro atoms. The van der Waals surface area contributed by atoms with E-state index >= 15 is 0 Å². The van der Waals surface area contributed by atoms with Crippen LogP contribution in [-0.4, -0.2) is 31.8 Å². The summed E-state index contributed by atoms with van der Waals surface area (Å²) >= 11 is 0. The Bertz CT molecular complexity index is 639.